The Morgan fingerprint density at radius 2 is 2.31 bits per heavy atom. The summed E-state index contributed by atoms with van der Waals surface area (Å²) in [6.45, 7) is 1.16. The first-order valence-electron chi connectivity index (χ1n) is 5.15. The van der Waals surface area contributed by atoms with E-state index >= 15 is 0 Å². The Kier molecular flexibility index (Phi) is 4.32. The molecule has 1 aromatic heterocycles. The molecule has 0 atom stereocenters. The molecule has 0 spiro atoms. The van der Waals surface area contributed by atoms with Crippen molar-refractivity contribution < 1.29 is 9.53 Å². The smallest absolute Gasteiger partial charge is 0.341 e. The zero-order valence-corrected chi connectivity index (χ0v) is 10.0. The fourth-order valence-electron chi connectivity index (χ4n) is 2.03. The molecule has 2 heterocycles. The van der Waals surface area contributed by atoms with E-state index in [9.17, 15) is 4.79 Å². The van der Waals surface area contributed by atoms with Crippen LogP contribution in [0.2, 0.25) is 0 Å². The molecule has 5 nitrogen and oxygen atoms in total. The van der Waals surface area contributed by atoms with Crippen molar-refractivity contribution in [3.63, 3.8) is 0 Å². The molecule has 0 unspecified atom stereocenters. The monoisotopic (exact) mass is 245 g/mol. The molecule has 0 saturated heterocycles. The Bertz CT molecular complexity index is 390. The first kappa shape index (κ1) is 13.0. The first-order chi connectivity index (χ1) is 7.27. The van der Waals surface area contributed by atoms with Gasteiger partial charge >= 0.3 is 5.97 Å². The van der Waals surface area contributed by atoms with Gasteiger partial charge in [0, 0.05) is 13.1 Å². The third kappa shape index (κ3) is 2.05. The maximum Gasteiger partial charge on any atom is 0.341 e. The van der Waals surface area contributed by atoms with E-state index in [1.165, 1.54) is 7.11 Å². The lowest BCUT2D eigenvalue weighted by Crippen LogP contribution is -2.14. The number of hydrogen-bond acceptors (Lipinski definition) is 4. The number of aryl methyl sites for hydroxylation is 1. The van der Waals surface area contributed by atoms with E-state index in [1.807, 2.05) is 4.68 Å². The van der Waals surface area contributed by atoms with Crippen LogP contribution in [0.1, 0.15) is 34.6 Å². The number of esters is 1. The summed E-state index contributed by atoms with van der Waals surface area (Å²) in [5.41, 5.74) is 7.79. The number of methoxy groups -OCH3 is 1. The minimum Gasteiger partial charge on any atom is -0.465 e. The quantitative estimate of drug-likeness (QED) is 0.786. The molecule has 0 amide bonds. The summed E-state index contributed by atoms with van der Waals surface area (Å²) >= 11 is 0. The van der Waals surface area contributed by atoms with Crippen LogP contribution < -0.4 is 5.73 Å². The lowest BCUT2D eigenvalue weighted by molar-refractivity contribution is 0.0597. The van der Waals surface area contributed by atoms with Gasteiger partial charge in [0.2, 0.25) is 0 Å². The lowest BCUT2D eigenvalue weighted by Gasteiger charge is -2.13. The number of rotatable bonds is 2. The maximum absolute atomic E-state index is 11.6. The zero-order valence-electron chi connectivity index (χ0n) is 9.23. The molecule has 2 rings (SSSR count). The molecule has 0 saturated carbocycles. The number of nitrogens with zero attached hydrogens (tertiary/aromatic N) is 2. The molecule has 0 aromatic carbocycles. The fourth-order valence-corrected chi connectivity index (χ4v) is 2.03. The van der Waals surface area contributed by atoms with Crippen molar-refractivity contribution in [3.05, 3.63) is 17.0 Å². The van der Waals surface area contributed by atoms with E-state index in [4.69, 9.17) is 10.5 Å². The highest BCUT2D eigenvalue weighted by Gasteiger charge is 2.24. The van der Waals surface area contributed by atoms with Crippen molar-refractivity contribution >= 4 is 18.4 Å². The normalized spacial score (nSPS) is 13.9. The van der Waals surface area contributed by atoms with E-state index in [-0.39, 0.29) is 24.9 Å². The van der Waals surface area contributed by atoms with Gasteiger partial charge in [0.25, 0.3) is 0 Å². The van der Waals surface area contributed by atoms with E-state index in [1.54, 1.807) is 0 Å². The van der Waals surface area contributed by atoms with Gasteiger partial charge in [0.1, 0.15) is 5.56 Å². The first-order valence-corrected chi connectivity index (χ1v) is 5.15. The molecule has 1 aromatic rings. The third-order valence-electron chi connectivity index (χ3n) is 2.75. The fraction of sp³-hybridized carbons (Fsp3) is 0.600. The second-order valence-corrected chi connectivity index (χ2v) is 3.64. The van der Waals surface area contributed by atoms with Gasteiger partial charge < -0.3 is 10.5 Å². The Morgan fingerprint density at radius 1 is 1.56 bits per heavy atom. The second kappa shape index (κ2) is 5.32. The van der Waals surface area contributed by atoms with Gasteiger partial charge in [-0.1, -0.05) is 0 Å². The SMILES string of the molecule is COC(=O)c1c(CN)nn2c1CCCC2.Cl. The van der Waals surface area contributed by atoms with Crippen molar-refractivity contribution in [1.29, 1.82) is 0 Å². The molecule has 0 aliphatic carbocycles. The Balaban J connectivity index is 0.00000128. The van der Waals surface area contributed by atoms with Gasteiger partial charge in [-0.2, -0.15) is 5.10 Å². The Morgan fingerprint density at radius 3 is 2.94 bits per heavy atom. The number of ether oxygens (including phenoxy) is 1. The van der Waals surface area contributed by atoms with Crippen LogP contribution >= 0.6 is 12.4 Å². The van der Waals surface area contributed by atoms with Crippen molar-refractivity contribution in [2.45, 2.75) is 32.4 Å². The number of carbonyl (C=O) groups excluding carboxylic acids is 1. The van der Waals surface area contributed by atoms with Crippen LogP contribution in [0.4, 0.5) is 0 Å². The Hall–Kier alpha value is -1.07. The van der Waals surface area contributed by atoms with E-state index < -0.39 is 0 Å². The van der Waals surface area contributed by atoms with Gasteiger partial charge in [-0.15, -0.1) is 12.4 Å². The predicted molar refractivity (Wildman–Crippen MR) is 61.6 cm³/mol. The van der Waals surface area contributed by atoms with Crippen molar-refractivity contribution in [1.82, 2.24) is 9.78 Å². The molecule has 1 aliphatic heterocycles. The van der Waals surface area contributed by atoms with E-state index in [0.29, 0.717) is 11.3 Å². The maximum atomic E-state index is 11.6. The highest BCUT2D eigenvalue weighted by molar-refractivity contribution is 5.92. The molecular weight excluding hydrogens is 230 g/mol. The minimum atomic E-state index is -0.321. The van der Waals surface area contributed by atoms with Gasteiger partial charge in [0.15, 0.2) is 0 Å². The molecule has 90 valence electrons. The third-order valence-corrected chi connectivity index (χ3v) is 2.75. The van der Waals surface area contributed by atoms with E-state index in [0.717, 1.165) is 31.5 Å². The lowest BCUT2D eigenvalue weighted by atomic mass is 10.0. The van der Waals surface area contributed by atoms with Crippen molar-refractivity contribution in [2.75, 3.05) is 7.11 Å². The highest BCUT2D eigenvalue weighted by atomic mass is 35.5. The van der Waals surface area contributed by atoms with Crippen LogP contribution in [0.3, 0.4) is 0 Å². The molecule has 0 radical (unpaired) electrons. The van der Waals surface area contributed by atoms with Crippen LogP contribution in [0.25, 0.3) is 0 Å². The number of nitrogens with two attached hydrogens (primary N) is 1. The van der Waals surface area contributed by atoms with Gasteiger partial charge in [-0.25, -0.2) is 4.79 Å². The van der Waals surface area contributed by atoms with Gasteiger partial charge in [0.05, 0.1) is 18.5 Å². The molecule has 16 heavy (non-hydrogen) atoms. The van der Waals surface area contributed by atoms with E-state index in [2.05, 4.69) is 5.10 Å². The van der Waals surface area contributed by atoms with Crippen LogP contribution in [-0.2, 0) is 24.2 Å². The van der Waals surface area contributed by atoms with Gasteiger partial charge in [-0.05, 0) is 19.3 Å². The van der Waals surface area contributed by atoms with Crippen LogP contribution in [0.5, 0.6) is 0 Å². The average Bonchev–Trinajstić information content (AvgIpc) is 2.66. The second-order valence-electron chi connectivity index (χ2n) is 3.64. The Labute approximate surface area is 100 Å². The summed E-state index contributed by atoms with van der Waals surface area (Å²) in [6, 6.07) is 0. The number of carbonyl (C=O) groups is 1. The number of halogens is 1. The largest absolute Gasteiger partial charge is 0.465 e. The van der Waals surface area contributed by atoms with Crippen LogP contribution in [0.15, 0.2) is 0 Å². The van der Waals surface area contributed by atoms with Crippen molar-refractivity contribution in [2.24, 2.45) is 5.73 Å². The summed E-state index contributed by atoms with van der Waals surface area (Å²) in [5, 5.41) is 4.33. The molecular formula is C10H16ClN3O2. The minimum absolute atomic E-state index is 0. The highest BCUT2D eigenvalue weighted by Crippen LogP contribution is 2.22. The summed E-state index contributed by atoms with van der Waals surface area (Å²) in [6.07, 6.45) is 3.09. The predicted octanol–water partition coefficient (Wildman–Crippen LogP) is 0.886. The molecule has 2 N–H and O–H groups in total. The summed E-state index contributed by atoms with van der Waals surface area (Å²) in [7, 11) is 1.38. The summed E-state index contributed by atoms with van der Waals surface area (Å²) in [5.74, 6) is -0.321. The number of aromatic nitrogens is 2. The number of fused-ring (bicyclic) bond motifs is 1. The molecule has 0 fully saturated rings. The molecule has 1 aliphatic rings. The van der Waals surface area contributed by atoms with Crippen molar-refractivity contribution in [3.8, 4) is 0 Å². The topological polar surface area (TPSA) is 70.1 Å². The molecule has 6 heteroatoms. The van der Waals surface area contributed by atoms with Gasteiger partial charge in [-0.3, -0.25) is 4.68 Å². The number of hydrogen-bond donors (Lipinski definition) is 1. The standard InChI is InChI=1S/C10H15N3O2.ClH/c1-15-10(14)9-7(6-11)12-13-5-3-2-4-8(9)13;/h2-6,11H2,1H3;1H. The summed E-state index contributed by atoms with van der Waals surface area (Å²) < 4.78 is 6.64. The summed E-state index contributed by atoms with van der Waals surface area (Å²) in [4.78, 5) is 11.6. The average molecular weight is 246 g/mol. The zero-order chi connectivity index (χ0) is 10.8. The van der Waals surface area contributed by atoms with Crippen LogP contribution in [-0.4, -0.2) is 22.9 Å². The molecule has 0 bridgehead atoms. The van der Waals surface area contributed by atoms with Crippen LogP contribution in [0, 0.1) is 0 Å².